The molecule has 2 aliphatic rings. The Kier molecular flexibility index (Phi) is 3.96. The minimum absolute atomic E-state index is 0.189. The Labute approximate surface area is 147 Å². The molecule has 25 heavy (non-hydrogen) atoms. The van der Waals surface area contributed by atoms with E-state index < -0.39 is 0 Å². The predicted molar refractivity (Wildman–Crippen MR) is 94.5 cm³/mol. The maximum Gasteiger partial charge on any atom is 0.165 e. The summed E-state index contributed by atoms with van der Waals surface area (Å²) in [6.07, 6.45) is 1.76. The van der Waals surface area contributed by atoms with Gasteiger partial charge in [0.2, 0.25) is 0 Å². The summed E-state index contributed by atoms with van der Waals surface area (Å²) >= 11 is 0. The molecule has 0 unspecified atom stereocenters. The summed E-state index contributed by atoms with van der Waals surface area (Å²) in [6.45, 7) is 4.14. The average Bonchev–Trinajstić information content (AvgIpc) is 2.62. The van der Waals surface area contributed by atoms with Crippen molar-refractivity contribution in [2.45, 2.75) is 32.4 Å². The van der Waals surface area contributed by atoms with Crippen LogP contribution in [0.15, 0.2) is 24.3 Å². The number of hydrogen-bond donors (Lipinski definition) is 2. The molecule has 2 aromatic carbocycles. The van der Waals surface area contributed by atoms with Gasteiger partial charge in [-0.05, 0) is 54.7 Å². The summed E-state index contributed by atoms with van der Waals surface area (Å²) in [5.74, 6) is 1.54. The first-order valence-corrected chi connectivity index (χ1v) is 8.72. The Balaban J connectivity index is 1.75. The normalized spacial score (nSPS) is 18.9. The number of aromatic hydroxyl groups is 2. The molecule has 0 spiro atoms. The van der Waals surface area contributed by atoms with Crippen molar-refractivity contribution in [1.29, 1.82) is 0 Å². The summed E-state index contributed by atoms with van der Waals surface area (Å²) in [4.78, 5) is 2.40. The second-order valence-electron chi connectivity index (χ2n) is 6.65. The third-order valence-electron chi connectivity index (χ3n) is 5.31. The van der Waals surface area contributed by atoms with E-state index in [-0.39, 0.29) is 17.5 Å². The van der Waals surface area contributed by atoms with Crippen molar-refractivity contribution < 1.29 is 19.7 Å². The molecule has 2 heterocycles. The second kappa shape index (κ2) is 6.15. The molecule has 2 aromatic rings. The van der Waals surface area contributed by atoms with E-state index in [1.54, 1.807) is 13.2 Å². The molecular weight excluding hydrogens is 318 g/mol. The highest BCUT2D eigenvalue weighted by molar-refractivity contribution is 5.54. The van der Waals surface area contributed by atoms with E-state index in [2.05, 4.69) is 4.90 Å². The van der Waals surface area contributed by atoms with Crippen LogP contribution in [0.3, 0.4) is 0 Å². The second-order valence-corrected chi connectivity index (χ2v) is 6.65. The van der Waals surface area contributed by atoms with Gasteiger partial charge in [-0.1, -0.05) is 6.07 Å². The number of methoxy groups -OCH3 is 1. The highest BCUT2D eigenvalue weighted by Crippen LogP contribution is 2.45. The Hall–Kier alpha value is -2.40. The summed E-state index contributed by atoms with van der Waals surface area (Å²) in [7, 11) is 1.58. The predicted octanol–water partition coefficient (Wildman–Crippen LogP) is 3.16. The lowest BCUT2D eigenvalue weighted by Gasteiger charge is -2.42. The summed E-state index contributed by atoms with van der Waals surface area (Å²) in [6, 6.07) is 7.74. The van der Waals surface area contributed by atoms with Crippen LogP contribution in [0.4, 0.5) is 0 Å². The summed E-state index contributed by atoms with van der Waals surface area (Å²) in [5.41, 5.74) is 4.69. The van der Waals surface area contributed by atoms with Crippen molar-refractivity contribution in [3.8, 4) is 23.0 Å². The molecule has 0 saturated heterocycles. The van der Waals surface area contributed by atoms with Crippen molar-refractivity contribution in [2.24, 2.45) is 0 Å². The van der Waals surface area contributed by atoms with E-state index in [1.807, 2.05) is 25.1 Å². The van der Waals surface area contributed by atoms with Gasteiger partial charge in [0.05, 0.1) is 13.7 Å². The highest BCUT2D eigenvalue weighted by atomic mass is 16.5. The van der Waals surface area contributed by atoms with E-state index in [9.17, 15) is 10.2 Å². The molecule has 0 fully saturated rings. The maximum absolute atomic E-state index is 10.2. The van der Waals surface area contributed by atoms with Crippen LogP contribution in [0.2, 0.25) is 0 Å². The first-order chi connectivity index (χ1) is 12.1. The lowest BCUT2D eigenvalue weighted by molar-refractivity contribution is 0.156. The standard InChI is InChI=1S/C20H23NO4/c1-3-25-20-15-11-21-7-6-13-9-19(24-2)18(23)10-14(13)16(21)8-12(15)4-5-17(20)22/h4-5,9-10,16,22-23H,3,6-8,11H2,1-2H3/t16-/m0/s1. The fourth-order valence-corrected chi connectivity index (χ4v) is 4.10. The zero-order valence-corrected chi connectivity index (χ0v) is 14.6. The van der Waals surface area contributed by atoms with Crippen LogP contribution in [-0.2, 0) is 19.4 Å². The van der Waals surface area contributed by atoms with Crippen molar-refractivity contribution in [3.63, 3.8) is 0 Å². The molecule has 5 nitrogen and oxygen atoms in total. The van der Waals surface area contributed by atoms with Gasteiger partial charge in [0.1, 0.15) is 0 Å². The summed E-state index contributed by atoms with van der Waals surface area (Å²) in [5, 5.41) is 20.4. The van der Waals surface area contributed by atoms with Gasteiger partial charge < -0.3 is 19.7 Å². The van der Waals surface area contributed by atoms with Crippen LogP contribution >= 0.6 is 0 Å². The SMILES string of the molecule is CCOc1c(O)ccc2c1CN1CCc3cc(OC)c(O)cc3[C@@H]1C2. The first kappa shape index (κ1) is 16.1. The van der Waals surface area contributed by atoms with Crippen LogP contribution in [-0.4, -0.2) is 35.4 Å². The van der Waals surface area contributed by atoms with Crippen LogP contribution < -0.4 is 9.47 Å². The molecule has 0 amide bonds. The number of rotatable bonds is 3. The first-order valence-electron chi connectivity index (χ1n) is 8.72. The van der Waals surface area contributed by atoms with Gasteiger partial charge in [-0.3, -0.25) is 4.90 Å². The van der Waals surface area contributed by atoms with Crippen molar-refractivity contribution in [2.75, 3.05) is 20.3 Å². The fourth-order valence-electron chi connectivity index (χ4n) is 4.10. The third-order valence-corrected chi connectivity index (χ3v) is 5.31. The molecule has 5 heteroatoms. The van der Waals surface area contributed by atoms with Crippen LogP contribution in [0.5, 0.6) is 23.0 Å². The van der Waals surface area contributed by atoms with E-state index in [1.165, 1.54) is 16.7 Å². The lowest BCUT2D eigenvalue weighted by atomic mass is 9.83. The average molecular weight is 341 g/mol. The number of hydrogen-bond acceptors (Lipinski definition) is 5. The smallest absolute Gasteiger partial charge is 0.165 e. The van der Waals surface area contributed by atoms with Crippen molar-refractivity contribution in [1.82, 2.24) is 4.90 Å². The topological polar surface area (TPSA) is 62.2 Å². The van der Waals surface area contributed by atoms with Gasteiger partial charge in [-0.15, -0.1) is 0 Å². The fraction of sp³-hybridized carbons (Fsp3) is 0.400. The van der Waals surface area contributed by atoms with Gasteiger partial charge in [0.25, 0.3) is 0 Å². The molecule has 0 aliphatic carbocycles. The Morgan fingerprint density at radius 1 is 1.16 bits per heavy atom. The highest BCUT2D eigenvalue weighted by Gasteiger charge is 2.34. The van der Waals surface area contributed by atoms with Gasteiger partial charge in [-0.25, -0.2) is 0 Å². The molecule has 0 bridgehead atoms. The molecule has 1 atom stereocenters. The molecule has 132 valence electrons. The minimum atomic E-state index is 0.189. The van der Waals surface area contributed by atoms with Crippen LogP contribution in [0.1, 0.15) is 35.2 Å². The number of phenolic OH excluding ortho intramolecular Hbond substituents is 2. The maximum atomic E-state index is 10.2. The Bertz CT molecular complexity index is 818. The number of ether oxygens (including phenoxy) is 2. The zero-order chi connectivity index (χ0) is 17.6. The molecule has 0 radical (unpaired) electrons. The van der Waals surface area contributed by atoms with Crippen molar-refractivity contribution >= 4 is 0 Å². The van der Waals surface area contributed by atoms with Gasteiger partial charge in [-0.2, -0.15) is 0 Å². The largest absolute Gasteiger partial charge is 0.504 e. The monoisotopic (exact) mass is 341 g/mol. The Morgan fingerprint density at radius 3 is 2.76 bits per heavy atom. The van der Waals surface area contributed by atoms with Crippen LogP contribution in [0, 0.1) is 0 Å². The quantitative estimate of drug-likeness (QED) is 0.898. The minimum Gasteiger partial charge on any atom is -0.504 e. The Morgan fingerprint density at radius 2 is 2.00 bits per heavy atom. The summed E-state index contributed by atoms with van der Waals surface area (Å²) < 4.78 is 11.0. The van der Waals surface area contributed by atoms with E-state index >= 15 is 0 Å². The van der Waals surface area contributed by atoms with Gasteiger partial charge in [0, 0.05) is 24.7 Å². The molecule has 4 rings (SSSR count). The number of phenols is 2. The van der Waals surface area contributed by atoms with E-state index in [0.29, 0.717) is 18.1 Å². The zero-order valence-electron chi connectivity index (χ0n) is 14.6. The number of nitrogens with zero attached hydrogens (tertiary/aromatic N) is 1. The molecule has 0 saturated carbocycles. The lowest BCUT2D eigenvalue weighted by Crippen LogP contribution is -2.39. The molecule has 2 N–H and O–H groups in total. The molecule has 2 aliphatic heterocycles. The van der Waals surface area contributed by atoms with Crippen molar-refractivity contribution in [3.05, 3.63) is 46.5 Å². The van der Waals surface area contributed by atoms with E-state index in [0.717, 1.165) is 31.5 Å². The molecule has 0 aromatic heterocycles. The van der Waals surface area contributed by atoms with Crippen LogP contribution in [0.25, 0.3) is 0 Å². The number of fused-ring (bicyclic) bond motifs is 4. The third kappa shape index (κ3) is 2.59. The van der Waals surface area contributed by atoms with Gasteiger partial charge in [0.15, 0.2) is 23.0 Å². The molecular formula is C20H23NO4. The van der Waals surface area contributed by atoms with Gasteiger partial charge >= 0.3 is 0 Å². The van der Waals surface area contributed by atoms with E-state index in [4.69, 9.17) is 9.47 Å². The number of benzene rings is 2.